The molecule has 1 aliphatic carbocycles. The number of hydrogen-bond acceptors (Lipinski definition) is 16. The van der Waals surface area contributed by atoms with Gasteiger partial charge in [0, 0.05) is 25.2 Å². The lowest BCUT2D eigenvalue weighted by Crippen LogP contribution is -2.72. The molecule has 2 amide bonds. The van der Waals surface area contributed by atoms with Gasteiger partial charge in [-0.15, -0.1) is 0 Å². The Labute approximate surface area is 256 Å². The number of nitrogen functional groups attached to an aromatic ring is 1. The Hall–Kier alpha value is -3.31. The summed E-state index contributed by atoms with van der Waals surface area (Å²) in [5.41, 5.74) is 27.3. The molecular weight excluding hydrogens is 598 g/mol. The number of nitrogens with zero attached hydrogens (tertiary/aromatic N) is 3. The van der Waals surface area contributed by atoms with Gasteiger partial charge in [-0.05, 0) is 25.7 Å². The smallest absolute Gasteiger partial charge is 0.280 e. The van der Waals surface area contributed by atoms with E-state index in [2.05, 4.69) is 25.6 Å². The van der Waals surface area contributed by atoms with E-state index in [4.69, 9.17) is 38.1 Å². The standard InChI is InChI=1S/C25H43N11O9/c26-10(3-1-2-4-31-14(37)7-36-9-33-15-21(36)34-24(29)35-23(15)43)22(42)32-6-13-17(39)20(41)25(30,8-44-13)45-19-12(28)5-11(27)16(38)18(19)40/h9-13,16-20,38-41H,1-8,26-28,30H2,(H,31,37)(H,32,42)(H3,29,34,35,43)/t10?,11-,12+,13-,16+,17-,18-,19-,20+,25+/m1/s1. The van der Waals surface area contributed by atoms with E-state index in [1.807, 2.05) is 0 Å². The zero-order valence-electron chi connectivity index (χ0n) is 24.5. The molecule has 20 nitrogen and oxygen atoms in total. The molecule has 252 valence electrons. The van der Waals surface area contributed by atoms with Crippen LogP contribution in [0.15, 0.2) is 11.1 Å². The summed E-state index contributed by atoms with van der Waals surface area (Å²) in [7, 11) is 0. The van der Waals surface area contributed by atoms with Gasteiger partial charge >= 0.3 is 0 Å². The Bertz CT molecular complexity index is 1390. The minimum absolute atomic E-state index is 0.0691. The Morgan fingerprint density at radius 1 is 1.16 bits per heavy atom. The number of carbonyl (C=O) groups is 2. The van der Waals surface area contributed by atoms with Gasteiger partial charge in [0.05, 0.1) is 25.1 Å². The first-order valence-electron chi connectivity index (χ1n) is 14.5. The molecule has 3 heterocycles. The molecule has 1 saturated heterocycles. The number of unbranched alkanes of at least 4 members (excludes halogenated alkanes) is 1. The van der Waals surface area contributed by atoms with Crippen LogP contribution in [0.3, 0.4) is 0 Å². The number of aliphatic hydroxyl groups excluding tert-OH is 4. The Morgan fingerprint density at radius 2 is 1.89 bits per heavy atom. The molecule has 0 aromatic carbocycles. The van der Waals surface area contributed by atoms with E-state index in [0.717, 1.165) is 0 Å². The molecule has 0 spiro atoms. The van der Waals surface area contributed by atoms with Crippen LogP contribution in [-0.2, 0) is 25.6 Å². The third kappa shape index (κ3) is 7.92. The van der Waals surface area contributed by atoms with Crippen LogP contribution >= 0.6 is 0 Å². The summed E-state index contributed by atoms with van der Waals surface area (Å²) >= 11 is 0. The third-order valence-corrected chi connectivity index (χ3v) is 8.06. The van der Waals surface area contributed by atoms with Crippen molar-refractivity contribution in [3.8, 4) is 0 Å². The number of aliphatic hydroxyl groups is 4. The third-order valence-electron chi connectivity index (χ3n) is 8.06. The molecule has 0 radical (unpaired) electrons. The quantitative estimate of drug-likeness (QED) is 0.0756. The van der Waals surface area contributed by atoms with E-state index < -0.39 is 78.5 Å². The molecule has 1 unspecified atom stereocenters. The van der Waals surface area contributed by atoms with Crippen LogP contribution in [-0.4, -0.2) is 132 Å². The maximum atomic E-state index is 12.5. The summed E-state index contributed by atoms with van der Waals surface area (Å²) < 4.78 is 12.7. The zero-order valence-corrected chi connectivity index (χ0v) is 24.5. The van der Waals surface area contributed by atoms with Crippen molar-refractivity contribution in [1.82, 2.24) is 30.2 Å². The van der Waals surface area contributed by atoms with E-state index in [1.165, 1.54) is 10.9 Å². The van der Waals surface area contributed by atoms with Gasteiger partial charge in [0.2, 0.25) is 17.8 Å². The SMILES string of the molecule is Nc1nc2c(ncn2CC(=O)NCCCCC(N)C(=O)NC[C@H]2OC[C@](N)(O[C@H]3[C@H](O)[C@@H](O)[C@H](N)C[C@@H]3N)[C@@H](O)[C@@H]2O)c(=O)[nH]1. The fraction of sp³-hybridized carbons (Fsp3) is 0.720. The summed E-state index contributed by atoms with van der Waals surface area (Å²) in [5.74, 6) is -0.940. The number of nitrogens with one attached hydrogen (secondary N) is 3. The van der Waals surface area contributed by atoms with Crippen LogP contribution in [0.25, 0.3) is 11.2 Å². The van der Waals surface area contributed by atoms with Crippen molar-refractivity contribution in [2.24, 2.45) is 22.9 Å². The number of hydrogen-bond donors (Lipinski definition) is 12. The number of aromatic amines is 1. The summed E-state index contributed by atoms with van der Waals surface area (Å²) in [6.45, 7) is -0.413. The molecule has 10 atom stereocenters. The number of H-pyrrole nitrogens is 1. The number of rotatable bonds is 12. The molecule has 17 N–H and O–H groups in total. The van der Waals surface area contributed by atoms with E-state index in [0.29, 0.717) is 25.8 Å². The molecule has 1 saturated carbocycles. The highest BCUT2D eigenvalue weighted by Crippen LogP contribution is 2.29. The summed E-state index contributed by atoms with van der Waals surface area (Å²) in [4.78, 5) is 47.0. The van der Waals surface area contributed by atoms with E-state index in [1.54, 1.807) is 0 Å². The highest BCUT2D eigenvalue weighted by molar-refractivity contribution is 5.81. The second kappa shape index (κ2) is 14.4. The van der Waals surface area contributed by atoms with Gasteiger partial charge in [-0.2, -0.15) is 4.98 Å². The Balaban J connectivity index is 1.15. The predicted octanol–water partition coefficient (Wildman–Crippen LogP) is -6.63. The first kappa shape index (κ1) is 34.6. The van der Waals surface area contributed by atoms with Gasteiger partial charge in [-0.3, -0.25) is 25.1 Å². The van der Waals surface area contributed by atoms with Crippen molar-refractivity contribution in [3.05, 3.63) is 16.7 Å². The number of carbonyl (C=O) groups excluding carboxylic acids is 2. The number of nitrogens with two attached hydrogens (primary N) is 5. The minimum Gasteiger partial charge on any atom is -0.389 e. The molecule has 2 aromatic heterocycles. The van der Waals surface area contributed by atoms with Crippen LogP contribution in [0.4, 0.5) is 5.95 Å². The molecule has 20 heteroatoms. The Kier molecular flexibility index (Phi) is 11.1. The van der Waals surface area contributed by atoms with Crippen molar-refractivity contribution < 1.29 is 39.5 Å². The van der Waals surface area contributed by atoms with E-state index in [-0.39, 0.29) is 42.5 Å². The Morgan fingerprint density at radius 3 is 2.62 bits per heavy atom. The van der Waals surface area contributed by atoms with Crippen molar-refractivity contribution >= 4 is 28.9 Å². The second-order valence-electron chi connectivity index (χ2n) is 11.6. The number of amides is 2. The number of aromatic nitrogens is 4. The van der Waals surface area contributed by atoms with Gasteiger partial charge in [-0.25, -0.2) is 4.98 Å². The maximum absolute atomic E-state index is 12.5. The highest BCUT2D eigenvalue weighted by Gasteiger charge is 2.52. The number of imidazole rings is 1. The van der Waals surface area contributed by atoms with Crippen LogP contribution in [0.5, 0.6) is 0 Å². The van der Waals surface area contributed by atoms with Gasteiger partial charge in [-0.1, -0.05) is 0 Å². The minimum atomic E-state index is -1.97. The van der Waals surface area contributed by atoms with E-state index >= 15 is 0 Å². The average molecular weight is 642 g/mol. The molecule has 45 heavy (non-hydrogen) atoms. The second-order valence-corrected chi connectivity index (χ2v) is 11.6. The first-order valence-corrected chi connectivity index (χ1v) is 14.5. The molecular formula is C25H43N11O9. The van der Waals surface area contributed by atoms with Crippen molar-refractivity contribution in [1.29, 1.82) is 0 Å². The fourth-order valence-electron chi connectivity index (χ4n) is 5.37. The van der Waals surface area contributed by atoms with Crippen molar-refractivity contribution in [2.75, 3.05) is 25.4 Å². The average Bonchev–Trinajstić information content (AvgIpc) is 3.38. The number of anilines is 1. The van der Waals surface area contributed by atoms with Crippen molar-refractivity contribution in [3.63, 3.8) is 0 Å². The molecule has 4 rings (SSSR count). The molecule has 2 fully saturated rings. The molecule has 1 aliphatic heterocycles. The summed E-state index contributed by atoms with van der Waals surface area (Å²) in [6.07, 6.45) is -5.50. The predicted molar refractivity (Wildman–Crippen MR) is 157 cm³/mol. The molecule has 2 aliphatic rings. The van der Waals surface area contributed by atoms with Gasteiger partial charge < -0.3 is 68.0 Å². The van der Waals surface area contributed by atoms with Crippen LogP contribution in [0.2, 0.25) is 0 Å². The maximum Gasteiger partial charge on any atom is 0.280 e. The monoisotopic (exact) mass is 641 g/mol. The van der Waals surface area contributed by atoms with Gasteiger partial charge in [0.25, 0.3) is 5.56 Å². The topological polar surface area (TPSA) is 351 Å². The molecule has 0 bridgehead atoms. The number of ether oxygens (including phenoxy) is 2. The highest BCUT2D eigenvalue weighted by atomic mass is 16.6. The van der Waals surface area contributed by atoms with Crippen LogP contribution in [0, 0.1) is 0 Å². The lowest BCUT2D eigenvalue weighted by molar-refractivity contribution is -0.280. The summed E-state index contributed by atoms with van der Waals surface area (Å²) in [6, 6.07) is -2.45. The molecule has 2 aromatic rings. The largest absolute Gasteiger partial charge is 0.389 e. The zero-order chi connectivity index (χ0) is 33.1. The lowest BCUT2D eigenvalue weighted by Gasteiger charge is -2.48. The first-order chi connectivity index (χ1) is 21.2. The van der Waals surface area contributed by atoms with Gasteiger partial charge in [0.1, 0.15) is 37.1 Å². The fourth-order valence-corrected chi connectivity index (χ4v) is 5.37. The van der Waals surface area contributed by atoms with Crippen LogP contribution < -0.4 is 44.9 Å². The lowest BCUT2D eigenvalue weighted by atomic mass is 9.84. The van der Waals surface area contributed by atoms with E-state index in [9.17, 15) is 34.8 Å². The summed E-state index contributed by atoms with van der Waals surface area (Å²) in [5, 5.41) is 47.1. The van der Waals surface area contributed by atoms with Crippen molar-refractivity contribution in [2.45, 2.75) is 92.7 Å². The number of fused-ring (bicyclic) bond motifs is 1. The van der Waals surface area contributed by atoms with Gasteiger partial charge in [0.15, 0.2) is 16.9 Å². The normalized spacial score (nSPS) is 32.7. The van der Waals surface area contributed by atoms with Crippen LogP contribution in [0.1, 0.15) is 25.7 Å².